The van der Waals surface area contributed by atoms with Gasteiger partial charge >= 0.3 is 5.69 Å². The smallest absolute Gasteiger partial charge is 0.334 e. The summed E-state index contributed by atoms with van der Waals surface area (Å²) in [5.41, 5.74) is -2.41. The second kappa shape index (κ2) is 5.16. The maximum absolute atomic E-state index is 13.6. The first-order valence-corrected chi connectivity index (χ1v) is 5.26. The second-order valence-electron chi connectivity index (χ2n) is 3.73. The predicted molar refractivity (Wildman–Crippen MR) is 62.7 cm³/mol. The number of anilines is 2. The standard InChI is InChI=1S/C12H6F4N2O2/c13-7-8(14)10(16)12(18(19)20)11(9(7)15)17-6-4-2-1-3-5-6/h1-5,17H. The van der Waals surface area contributed by atoms with Crippen LogP contribution in [-0.2, 0) is 0 Å². The number of nitrogens with zero attached hydrogens (tertiary/aromatic N) is 1. The number of para-hydroxylation sites is 1. The minimum Gasteiger partial charge on any atom is -0.347 e. The first-order chi connectivity index (χ1) is 9.43. The Morgan fingerprint density at radius 2 is 1.45 bits per heavy atom. The van der Waals surface area contributed by atoms with Gasteiger partial charge in [-0.2, -0.15) is 4.39 Å². The third-order valence-electron chi connectivity index (χ3n) is 2.47. The van der Waals surface area contributed by atoms with E-state index in [0.29, 0.717) is 0 Å². The summed E-state index contributed by atoms with van der Waals surface area (Å²) in [6.45, 7) is 0. The fraction of sp³-hybridized carbons (Fsp3) is 0. The molecule has 2 rings (SSSR count). The molecule has 0 aliphatic rings. The molecule has 0 unspecified atom stereocenters. The van der Waals surface area contributed by atoms with E-state index < -0.39 is 39.6 Å². The normalized spacial score (nSPS) is 10.4. The molecule has 0 aromatic heterocycles. The second-order valence-corrected chi connectivity index (χ2v) is 3.73. The van der Waals surface area contributed by atoms with Gasteiger partial charge < -0.3 is 5.32 Å². The molecule has 4 nitrogen and oxygen atoms in total. The first kappa shape index (κ1) is 13.8. The molecule has 2 aromatic rings. The SMILES string of the molecule is O=[N+]([O-])c1c(F)c(F)c(F)c(F)c1Nc1ccccc1. The molecule has 0 spiro atoms. The fourth-order valence-electron chi connectivity index (χ4n) is 1.57. The Hall–Kier alpha value is -2.64. The highest BCUT2D eigenvalue weighted by atomic mass is 19.2. The van der Waals surface area contributed by atoms with Crippen LogP contribution in [0.15, 0.2) is 30.3 Å². The molecule has 2 aromatic carbocycles. The van der Waals surface area contributed by atoms with Crippen LogP contribution >= 0.6 is 0 Å². The number of halogens is 4. The predicted octanol–water partition coefficient (Wildman–Crippen LogP) is 3.89. The Morgan fingerprint density at radius 1 is 0.900 bits per heavy atom. The van der Waals surface area contributed by atoms with E-state index in [1.807, 2.05) is 0 Å². The van der Waals surface area contributed by atoms with Gasteiger partial charge in [0, 0.05) is 5.69 Å². The molecular formula is C12H6F4N2O2. The van der Waals surface area contributed by atoms with Crippen LogP contribution in [0.2, 0.25) is 0 Å². The van der Waals surface area contributed by atoms with Crippen molar-refractivity contribution < 1.29 is 22.5 Å². The van der Waals surface area contributed by atoms with Crippen molar-refractivity contribution in [3.05, 3.63) is 63.7 Å². The van der Waals surface area contributed by atoms with Gasteiger partial charge in [0.15, 0.2) is 17.3 Å². The lowest BCUT2D eigenvalue weighted by atomic mass is 10.2. The summed E-state index contributed by atoms with van der Waals surface area (Å²) in [7, 11) is 0. The molecule has 0 saturated heterocycles. The van der Waals surface area contributed by atoms with E-state index in [9.17, 15) is 27.7 Å². The highest BCUT2D eigenvalue weighted by Gasteiger charge is 2.33. The average molecular weight is 286 g/mol. The van der Waals surface area contributed by atoms with Crippen LogP contribution in [-0.4, -0.2) is 4.92 Å². The molecule has 0 saturated carbocycles. The van der Waals surface area contributed by atoms with Gasteiger partial charge in [0.2, 0.25) is 11.6 Å². The minimum atomic E-state index is -2.23. The van der Waals surface area contributed by atoms with Gasteiger partial charge in [-0.1, -0.05) is 18.2 Å². The molecule has 0 amide bonds. The highest BCUT2D eigenvalue weighted by molar-refractivity contribution is 5.70. The summed E-state index contributed by atoms with van der Waals surface area (Å²) >= 11 is 0. The zero-order valence-electron chi connectivity index (χ0n) is 9.66. The van der Waals surface area contributed by atoms with Crippen LogP contribution < -0.4 is 5.32 Å². The minimum absolute atomic E-state index is 0.153. The van der Waals surface area contributed by atoms with E-state index in [1.54, 1.807) is 6.07 Å². The topological polar surface area (TPSA) is 55.2 Å². The molecule has 104 valence electrons. The molecular weight excluding hydrogens is 280 g/mol. The molecule has 8 heteroatoms. The van der Waals surface area contributed by atoms with Gasteiger partial charge in [0.05, 0.1) is 4.92 Å². The fourth-order valence-corrected chi connectivity index (χ4v) is 1.57. The number of hydrogen-bond donors (Lipinski definition) is 1. The van der Waals surface area contributed by atoms with Crippen LogP contribution in [0, 0.1) is 33.4 Å². The monoisotopic (exact) mass is 286 g/mol. The lowest BCUT2D eigenvalue weighted by molar-refractivity contribution is -0.387. The molecule has 0 heterocycles. The Morgan fingerprint density at radius 3 is 2.00 bits per heavy atom. The molecule has 0 aliphatic heterocycles. The van der Waals surface area contributed by atoms with Crippen molar-refractivity contribution >= 4 is 17.1 Å². The molecule has 0 atom stereocenters. The number of nitrogens with one attached hydrogen (secondary N) is 1. The summed E-state index contributed by atoms with van der Waals surface area (Å²) in [4.78, 5) is 9.39. The largest absolute Gasteiger partial charge is 0.347 e. The van der Waals surface area contributed by atoms with Gasteiger partial charge in [-0.05, 0) is 12.1 Å². The third-order valence-corrected chi connectivity index (χ3v) is 2.47. The van der Waals surface area contributed by atoms with Crippen LogP contribution in [0.4, 0.5) is 34.6 Å². The van der Waals surface area contributed by atoms with Crippen molar-refractivity contribution in [2.24, 2.45) is 0 Å². The number of hydrogen-bond acceptors (Lipinski definition) is 3. The average Bonchev–Trinajstić information content (AvgIpc) is 2.43. The molecule has 0 fully saturated rings. The Balaban J connectivity index is 2.65. The molecule has 1 N–H and O–H groups in total. The van der Waals surface area contributed by atoms with Crippen molar-refractivity contribution in [3.8, 4) is 0 Å². The van der Waals surface area contributed by atoms with Crippen LogP contribution in [0.3, 0.4) is 0 Å². The molecule has 0 bridgehead atoms. The van der Waals surface area contributed by atoms with Crippen LogP contribution in [0.5, 0.6) is 0 Å². The Kier molecular flexibility index (Phi) is 3.55. The summed E-state index contributed by atoms with van der Waals surface area (Å²) in [5.74, 6) is -8.27. The number of rotatable bonds is 3. The van der Waals surface area contributed by atoms with E-state index in [2.05, 4.69) is 5.32 Å². The van der Waals surface area contributed by atoms with E-state index in [-0.39, 0.29) is 5.69 Å². The Bertz CT molecular complexity index is 677. The van der Waals surface area contributed by atoms with Gasteiger partial charge in [0.25, 0.3) is 0 Å². The molecule has 20 heavy (non-hydrogen) atoms. The first-order valence-electron chi connectivity index (χ1n) is 5.26. The van der Waals surface area contributed by atoms with Crippen LogP contribution in [0.25, 0.3) is 0 Å². The van der Waals surface area contributed by atoms with Gasteiger partial charge in [-0.3, -0.25) is 10.1 Å². The summed E-state index contributed by atoms with van der Waals surface area (Å²) in [5, 5.41) is 12.9. The Labute approximate surface area is 109 Å². The van der Waals surface area contributed by atoms with Gasteiger partial charge in [0.1, 0.15) is 0 Å². The quantitative estimate of drug-likeness (QED) is 0.306. The van der Waals surface area contributed by atoms with E-state index >= 15 is 0 Å². The van der Waals surface area contributed by atoms with Gasteiger partial charge in [-0.25, -0.2) is 13.2 Å². The van der Waals surface area contributed by atoms with Gasteiger partial charge in [-0.15, -0.1) is 0 Å². The van der Waals surface area contributed by atoms with E-state index in [1.165, 1.54) is 24.3 Å². The lowest BCUT2D eigenvalue weighted by Crippen LogP contribution is -2.08. The van der Waals surface area contributed by atoms with Crippen molar-refractivity contribution in [2.45, 2.75) is 0 Å². The van der Waals surface area contributed by atoms with Crippen LogP contribution in [0.1, 0.15) is 0 Å². The summed E-state index contributed by atoms with van der Waals surface area (Å²) < 4.78 is 53.1. The van der Waals surface area contributed by atoms with E-state index in [4.69, 9.17) is 0 Å². The van der Waals surface area contributed by atoms with Crippen molar-refractivity contribution in [1.82, 2.24) is 0 Å². The van der Waals surface area contributed by atoms with Crippen molar-refractivity contribution in [2.75, 3.05) is 5.32 Å². The van der Waals surface area contributed by atoms with E-state index in [0.717, 1.165) is 0 Å². The zero-order chi connectivity index (χ0) is 14.9. The molecule has 0 radical (unpaired) electrons. The third kappa shape index (κ3) is 2.27. The maximum Gasteiger partial charge on any atom is 0.334 e. The summed E-state index contributed by atoms with van der Waals surface area (Å²) in [6.07, 6.45) is 0. The van der Waals surface area contributed by atoms with Crippen molar-refractivity contribution in [3.63, 3.8) is 0 Å². The number of benzene rings is 2. The maximum atomic E-state index is 13.6. The van der Waals surface area contributed by atoms with Crippen molar-refractivity contribution in [1.29, 1.82) is 0 Å². The molecule has 0 aliphatic carbocycles. The summed E-state index contributed by atoms with van der Waals surface area (Å²) in [6, 6.07) is 7.43. The number of nitro groups is 1. The zero-order valence-corrected chi connectivity index (χ0v) is 9.66. The number of nitro benzene ring substituents is 1. The lowest BCUT2D eigenvalue weighted by Gasteiger charge is -2.10. The highest BCUT2D eigenvalue weighted by Crippen LogP contribution is 2.36.